The van der Waals surface area contributed by atoms with E-state index in [2.05, 4.69) is 15.9 Å². The Hall–Kier alpha value is -1.56. The molecule has 0 saturated heterocycles. The van der Waals surface area contributed by atoms with Crippen LogP contribution in [-0.2, 0) is 9.53 Å². The summed E-state index contributed by atoms with van der Waals surface area (Å²) in [7, 11) is 0. The molecule has 0 aromatic heterocycles. The number of carbonyl (C=O) groups is 2. The van der Waals surface area contributed by atoms with Gasteiger partial charge in [0.05, 0.1) is 5.56 Å². The Balaban J connectivity index is 2.65. The molecule has 1 atom stereocenters. The summed E-state index contributed by atoms with van der Waals surface area (Å²) in [5.74, 6) is -1.86. The standard InChI is InChI=1S/C9H6BrNO4/c10-5-2-3(11)1-4-6(5)7(8(12)13)15-9(4)14/h1-2,7H,11H2,(H,12,13). The second kappa shape index (κ2) is 3.23. The number of cyclic esters (lactones) is 1. The van der Waals surface area contributed by atoms with Crippen molar-refractivity contribution in [3.05, 3.63) is 27.7 Å². The number of nitrogens with two attached hydrogens (primary N) is 1. The van der Waals surface area contributed by atoms with Crippen molar-refractivity contribution >= 4 is 33.6 Å². The van der Waals surface area contributed by atoms with Gasteiger partial charge in [0.15, 0.2) is 0 Å². The lowest BCUT2D eigenvalue weighted by atomic mass is 10.0. The van der Waals surface area contributed by atoms with Crippen molar-refractivity contribution in [2.75, 3.05) is 5.73 Å². The lowest BCUT2D eigenvalue weighted by Crippen LogP contribution is -2.11. The molecule has 78 valence electrons. The van der Waals surface area contributed by atoms with Crippen LogP contribution in [0.5, 0.6) is 0 Å². The molecule has 1 unspecified atom stereocenters. The number of hydrogen-bond donors (Lipinski definition) is 2. The summed E-state index contributed by atoms with van der Waals surface area (Å²) < 4.78 is 5.17. The number of hydrogen-bond acceptors (Lipinski definition) is 4. The average molecular weight is 272 g/mol. The molecular formula is C9H6BrNO4. The van der Waals surface area contributed by atoms with Crippen LogP contribution >= 0.6 is 15.9 Å². The van der Waals surface area contributed by atoms with E-state index in [1.54, 1.807) is 0 Å². The number of fused-ring (bicyclic) bond motifs is 1. The molecule has 0 fully saturated rings. The zero-order valence-corrected chi connectivity index (χ0v) is 8.95. The number of rotatable bonds is 1. The van der Waals surface area contributed by atoms with Crippen LogP contribution in [0.25, 0.3) is 0 Å². The van der Waals surface area contributed by atoms with E-state index in [0.717, 1.165) is 0 Å². The number of halogens is 1. The summed E-state index contributed by atoms with van der Waals surface area (Å²) in [4.78, 5) is 22.1. The Morgan fingerprint density at radius 3 is 2.80 bits per heavy atom. The Morgan fingerprint density at radius 2 is 2.20 bits per heavy atom. The van der Waals surface area contributed by atoms with Gasteiger partial charge in [-0.25, -0.2) is 9.59 Å². The molecular weight excluding hydrogens is 266 g/mol. The minimum atomic E-state index is -1.25. The van der Waals surface area contributed by atoms with Crippen molar-refractivity contribution in [2.24, 2.45) is 0 Å². The third kappa shape index (κ3) is 1.46. The highest BCUT2D eigenvalue weighted by molar-refractivity contribution is 9.10. The highest BCUT2D eigenvalue weighted by atomic mass is 79.9. The molecule has 1 aliphatic heterocycles. The number of ether oxygens (including phenoxy) is 1. The largest absolute Gasteiger partial charge is 0.478 e. The molecule has 6 heteroatoms. The molecule has 15 heavy (non-hydrogen) atoms. The first-order valence-corrected chi connectivity index (χ1v) is 4.82. The molecule has 0 spiro atoms. The fraction of sp³-hybridized carbons (Fsp3) is 0.111. The maximum absolute atomic E-state index is 11.3. The summed E-state index contributed by atoms with van der Waals surface area (Å²) in [5.41, 5.74) is 6.43. The Kier molecular flexibility index (Phi) is 2.15. The van der Waals surface area contributed by atoms with Crippen molar-refractivity contribution < 1.29 is 19.4 Å². The van der Waals surface area contributed by atoms with Crippen molar-refractivity contribution in [1.82, 2.24) is 0 Å². The van der Waals surface area contributed by atoms with E-state index in [1.807, 2.05) is 0 Å². The van der Waals surface area contributed by atoms with Crippen LogP contribution in [-0.4, -0.2) is 17.0 Å². The summed E-state index contributed by atoms with van der Waals surface area (Å²) in [6, 6.07) is 2.95. The number of aliphatic carboxylic acids is 1. The molecule has 0 bridgehead atoms. The first kappa shape index (κ1) is 9.97. The number of benzene rings is 1. The molecule has 1 heterocycles. The maximum Gasteiger partial charge on any atom is 0.349 e. The van der Waals surface area contributed by atoms with Crippen LogP contribution < -0.4 is 5.73 Å². The molecule has 3 N–H and O–H groups in total. The molecule has 5 nitrogen and oxygen atoms in total. The van der Waals surface area contributed by atoms with Crippen molar-refractivity contribution in [1.29, 1.82) is 0 Å². The fourth-order valence-electron chi connectivity index (χ4n) is 1.48. The quantitative estimate of drug-likeness (QED) is 0.594. The van der Waals surface area contributed by atoms with Gasteiger partial charge in [0.1, 0.15) is 0 Å². The molecule has 1 aliphatic rings. The minimum absolute atomic E-state index is 0.203. The summed E-state index contributed by atoms with van der Waals surface area (Å²) in [6.07, 6.45) is -1.25. The van der Waals surface area contributed by atoms with Crippen LogP contribution in [0.3, 0.4) is 0 Å². The van der Waals surface area contributed by atoms with Gasteiger partial charge in [-0.1, -0.05) is 15.9 Å². The molecule has 0 saturated carbocycles. The molecule has 1 aromatic carbocycles. The summed E-state index contributed by atoms with van der Waals surface area (Å²) >= 11 is 3.16. The number of carboxylic acid groups (broad SMARTS) is 1. The first-order valence-electron chi connectivity index (χ1n) is 4.03. The lowest BCUT2D eigenvalue weighted by molar-refractivity contribution is -0.146. The second-order valence-electron chi connectivity index (χ2n) is 3.09. The van der Waals surface area contributed by atoms with E-state index in [0.29, 0.717) is 15.7 Å². The van der Waals surface area contributed by atoms with E-state index in [-0.39, 0.29) is 5.56 Å². The number of nitrogen functional groups attached to an aromatic ring is 1. The van der Waals surface area contributed by atoms with E-state index in [4.69, 9.17) is 15.6 Å². The monoisotopic (exact) mass is 271 g/mol. The lowest BCUT2D eigenvalue weighted by Gasteiger charge is -2.06. The first-order chi connectivity index (χ1) is 7.00. The fourth-order valence-corrected chi connectivity index (χ4v) is 2.16. The maximum atomic E-state index is 11.3. The van der Waals surface area contributed by atoms with Crippen LogP contribution in [0.1, 0.15) is 22.0 Å². The van der Waals surface area contributed by atoms with Gasteiger partial charge in [-0.05, 0) is 12.1 Å². The predicted octanol–water partition coefficient (Wildman–Crippen LogP) is 1.33. The zero-order chi connectivity index (χ0) is 11.2. The highest BCUT2D eigenvalue weighted by Crippen LogP contribution is 2.37. The van der Waals surface area contributed by atoms with E-state index in [9.17, 15) is 9.59 Å². The van der Waals surface area contributed by atoms with Gasteiger partial charge in [0.25, 0.3) is 0 Å². The number of esters is 1. The normalized spacial score (nSPS) is 18.5. The molecule has 0 radical (unpaired) electrons. The zero-order valence-electron chi connectivity index (χ0n) is 7.36. The molecule has 0 aliphatic carbocycles. The van der Waals surface area contributed by atoms with Crippen LogP contribution in [0, 0.1) is 0 Å². The van der Waals surface area contributed by atoms with Gasteiger partial charge < -0.3 is 15.6 Å². The van der Waals surface area contributed by atoms with Gasteiger partial charge in [-0.15, -0.1) is 0 Å². The average Bonchev–Trinajstić information content (AvgIpc) is 2.44. The third-order valence-electron chi connectivity index (χ3n) is 2.08. The third-order valence-corrected chi connectivity index (χ3v) is 2.74. The van der Waals surface area contributed by atoms with Crippen molar-refractivity contribution in [3.63, 3.8) is 0 Å². The highest BCUT2D eigenvalue weighted by Gasteiger charge is 2.38. The van der Waals surface area contributed by atoms with Gasteiger partial charge >= 0.3 is 11.9 Å². The molecule has 2 rings (SSSR count). The minimum Gasteiger partial charge on any atom is -0.478 e. The van der Waals surface area contributed by atoms with Crippen LogP contribution in [0.2, 0.25) is 0 Å². The second-order valence-corrected chi connectivity index (χ2v) is 3.94. The molecule has 1 aromatic rings. The number of anilines is 1. The summed E-state index contributed by atoms with van der Waals surface area (Å²) in [6.45, 7) is 0. The Morgan fingerprint density at radius 1 is 1.53 bits per heavy atom. The van der Waals surface area contributed by atoms with Crippen LogP contribution in [0.4, 0.5) is 5.69 Å². The van der Waals surface area contributed by atoms with E-state index >= 15 is 0 Å². The SMILES string of the molecule is Nc1cc(Br)c2c(c1)C(=O)OC2C(=O)O. The van der Waals surface area contributed by atoms with Crippen molar-refractivity contribution in [3.8, 4) is 0 Å². The molecule has 0 amide bonds. The number of carbonyl (C=O) groups excluding carboxylic acids is 1. The van der Waals surface area contributed by atoms with Gasteiger partial charge in [-0.2, -0.15) is 0 Å². The van der Waals surface area contributed by atoms with Gasteiger partial charge in [0.2, 0.25) is 6.10 Å². The predicted molar refractivity (Wildman–Crippen MR) is 54.3 cm³/mol. The van der Waals surface area contributed by atoms with Crippen LogP contribution in [0.15, 0.2) is 16.6 Å². The summed E-state index contributed by atoms with van der Waals surface area (Å²) in [5, 5.41) is 8.84. The number of carboxylic acids is 1. The Labute approximate surface area is 93.0 Å². The van der Waals surface area contributed by atoms with E-state index < -0.39 is 18.0 Å². The van der Waals surface area contributed by atoms with Gasteiger partial charge in [-0.3, -0.25) is 0 Å². The van der Waals surface area contributed by atoms with Gasteiger partial charge in [0, 0.05) is 15.7 Å². The smallest absolute Gasteiger partial charge is 0.349 e. The van der Waals surface area contributed by atoms with Crippen molar-refractivity contribution in [2.45, 2.75) is 6.10 Å². The van der Waals surface area contributed by atoms with E-state index in [1.165, 1.54) is 12.1 Å². The topological polar surface area (TPSA) is 89.6 Å². The Bertz CT molecular complexity index is 471.